The average Bonchev–Trinajstić information content (AvgIpc) is 3.13. The summed E-state index contributed by atoms with van der Waals surface area (Å²) in [5.41, 5.74) is 2.36. The Morgan fingerprint density at radius 3 is 2.16 bits per heavy atom. The van der Waals surface area contributed by atoms with Crippen molar-refractivity contribution in [3.05, 3.63) is 95.1 Å². The number of aliphatic hydroxyl groups is 1. The molecule has 1 unspecified atom stereocenters. The number of nitrogens with zero attached hydrogens (tertiary/aromatic N) is 1. The molecule has 1 saturated heterocycles. The number of ketones is 1. The highest BCUT2D eigenvalue weighted by Gasteiger charge is 2.47. The van der Waals surface area contributed by atoms with Gasteiger partial charge in [-0.3, -0.25) is 14.5 Å². The van der Waals surface area contributed by atoms with Gasteiger partial charge in [-0.2, -0.15) is 0 Å². The van der Waals surface area contributed by atoms with Crippen molar-refractivity contribution in [2.24, 2.45) is 0 Å². The fraction of sp³-hybridized carbons (Fsp3) is 0.290. The number of carbonyl (C=O) groups excluding carboxylic acids is 2. The van der Waals surface area contributed by atoms with Crippen molar-refractivity contribution in [2.75, 3.05) is 12.0 Å². The minimum Gasteiger partial charge on any atom is -0.507 e. The summed E-state index contributed by atoms with van der Waals surface area (Å²) >= 11 is 0. The number of carbonyl (C=O) groups is 2. The zero-order valence-electron chi connectivity index (χ0n) is 22.1. The van der Waals surface area contributed by atoms with Gasteiger partial charge < -0.3 is 14.6 Å². The zero-order valence-corrected chi connectivity index (χ0v) is 22.1. The van der Waals surface area contributed by atoms with Gasteiger partial charge in [0.25, 0.3) is 11.7 Å². The van der Waals surface area contributed by atoms with E-state index in [1.54, 1.807) is 42.5 Å². The minimum absolute atomic E-state index is 0.00311. The van der Waals surface area contributed by atoms with Crippen LogP contribution in [0.2, 0.25) is 0 Å². The van der Waals surface area contributed by atoms with Gasteiger partial charge in [0.1, 0.15) is 17.3 Å². The van der Waals surface area contributed by atoms with E-state index in [1.165, 1.54) is 12.0 Å². The van der Waals surface area contributed by atoms with E-state index >= 15 is 0 Å². The third-order valence-electron chi connectivity index (χ3n) is 6.37. The van der Waals surface area contributed by atoms with E-state index in [2.05, 4.69) is 20.8 Å². The molecule has 1 heterocycles. The maximum Gasteiger partial charge on any atom is 0.300 e. The molecule has 1 aliphatic rings. The van der Waals surface area contributed by atoms with Gasteiger partial charge in [-0.1, -0.05) is 57.2 Å². The van der Waals surface area contributed by atoms with Crippen molar-refractivity contribution in [3.8, 4) is 11.5 Å². The Bertz CT molecular complexity index is 1330. The second-order valence-electron chi connectivity index (χ2n) is 10.4. The normalized spacial score (nSPS) is 17.4. The molecule has 0 radical (unpaired) electrons. The van der Waals surface area contributed by atoms with Gasteiger partial charge in [0.15, 0.2) is 0 Å². The highest BCUT2D eigenvalue weighted by atomic mass is 16.5. The molecule has 192 valence electrons. The van der Waals surface area contributed by atoms with Crippen LogP contribution < -0.4 is 14.4 Å². The summed E-state index contributed by atoms with van der Waals surface area (Å²) in [5, 5.41) is 11.7. The van der Waals surface area contributed by atoms with Crippen molar-refractivity contribution in [1.82, 2.24) is 0 Å². The van der Waals surface area contributed by atoms with Gasteiger partial charge >= 0.3 is 0 Å². The number of aliphatic hydroxyl groups excluding tert-OH is 1. The van der Waals surface area contributed by atoms with E-state index < -0.39 is 17.7 Å². The lowest BCUT2D eigenvalue weighted by atomic mass is 9.85. The van der Waals surface area contributed by atoms with Crippen molar-refractivity contribution in [1.29, 1.82) is 0 Å². The van der Waals surface area contributed by atoms with E-state index in [0.29, 0.717) is 28.3 Å². The number of benzene rings is 3. The number of rotatable bonds is 6. The van der Waals surface area contributed by atoms with Crippen LogP contribution in [0.5, 0.6) is 11.5 Å². The average molecular weight is 500 g/mol. The zero-order chi connectivity index (χ0) is 26.9. The van der Waals surface area contributed by atoms with Crippen molar-refractivity contribution < 1.29 is 24.2 Å². The Hall–Kier alpha value is -4.06. The Balaban J connectivity index is 1.95. The van der Waals surface area contributed by atoms with Gasteiger partial charge in [-0.25, -0.2) is 0 Å². The fourth-order valence-corrected chi connectivity index (χ4v) is 4.51. The summed E-state index contributed by atoms with van der Waals surface area (Å²) in [6, 6.07) is 20.9. The molecule has 0 aliphatic carbocycles. The van der Waals surface area contributed by atoms with Crippen LogP contribution >= 0.6 is 0 Å². The lowest BCUT2D eigenvalue weighted by molar-refractivity contribution is -0.132. The van der Waals surface area contributed by atoms with E-state index in [1.807, 2.05) is 44.2 Å². The smallest absolute Gasteiger partial charge is 0.300 e. The Kier molecular flexibility index (Phi) is 7.12. The Morgan fingerprint density at radius 2 is 1.59 bits per heavy atom. The van der Waals surface area contributed by atoms with Crippen molar-refractivity contribution in [2.45, 2.75) is 52.2 Å². The van der Waals surface area contributed by atoms with E-state index in [0.717, 1.165) is 5.56 Å². The van der Waals surface area contributed by atoms with Crippen LogP contribution in [0.25, 0.3) is 5.76 Å². The van der Waals surface area contributed by atoms with Gasteiger partial charge in [0.2, 0.25) is 0 Å². The third-order valence-corrected chi connectivity index (χ3v) is 6.37. The number of hydrogen-bond donors (Lipinski definition) is 1. The van der Waals surface area contributed by atoms with Crippen LogP contribution in [0, 0.1) is 0 Å². The molecular weight excluding hydrogens is 466 g/mol. The molecule has 3 aromatic rings. The highest BCUT2D eigenvalue weighted by Crippen LogP contribution is 2.44. The van der Waals surface area contributed by atoms with Crippen LogP contribution in [0.3, 0.4) is 0 Å². The van der Waals surface area contributed by atoms with Crippen LogP contribution in [-0.4, -0.2) is 30.0 Å². The lowest BCUT2D eigenvalue weighted by Crippen LogP contribution is -2.29. The number of Topliss-reactive ketones (excluding diaryl/α,β-unsaturated/α-hetero) is 1. The summed E-state index contributed by atoms with van der Waals surface area (Å²) in [6.07, 6.45) is 0.00311. The van der Waals surface area contributed by atoms with Crippen molar-refractivity contribution >= 4 is 23.1 Å². The van der Waals surface area contributed by atoms with Crippen LogP contribution in [0.4, 0.5) is 5.69 Å². The number of para-hydroxylation sites is 1. The summed E-state index contributed by atoms with van der Waals surface area (Å²) in [6.45, 7) is 10.1. The first kappa shape index (κ1) is 26.0. The van der Waals surface area contributed by atoms with Gasteiger partial charge in [0, 0.05) is 5.69 Å². The molecule has 1 fully saturated rings. The SMILES string of the molecule is COc1ccc(C(C)(C)C)cc1/C(O)=C1\C(=O)C(=O)N(c2ccccc2)C1c1ccc(OC(C)C)cc1. The molecule has 1 atom stereocenters. The summed E-state index contributed by atoms with van der Waals surface area (Å²) in [7, 11) is 1.51. The molecular formula is C31H33NO5. The van der Waals surface area contributed by atoms with Gasteiger partial charge in [-0.15, -0.1) is 0 Å². The van der Waals surface area contributed by atoms with E-state index in [9.17, 15) is 14.7 Å². The molecule has 6 heteroatoms. The monoisotopic (exact) mass is 499 g/mol. The van der Waals surface area contributed by atoms with E-state index in [-0.39, 0.29) is 22.9 Å². The number of ether oxygens (including phenoxy) is 2. The maximum atomic E-state index is 13.5. The highest BCUT2D eigenvalue weighted by molar-refractivity contribution is 6.51. The molecule has 0 spiro atoms. The molecule has 1 aliphatic heterocycles. The largest absolute Gasteiger partial charge is 0.507 e. The first-order valence-corrected chi connectivity index (χ1v) is 12.3. The second kappa shape index (κ2) is 10.1. The van der Waals surface area contributed by atoms with E-state index in [4.69, 9.17) is 9.47 Å². The molecule has 37 heavy (non-hydrogen) atoms. The minimum atomic E-state index is -0.835. The number of hydrogen-bond acceptors (Lipinski definition) is 5. The summed E-state index contributed by atoms with van der Waals surface area (Å²) in [4.78, 5) is 28.3. The lowest BCUT2D eigenvalue weighted by Gasteiger charge is -2.26. The molecule has 0 bridgehead atoms. The first-order chi connectivity index (χ1) is 17.5. The predicted molar refractivity (Wildman–Crippen MR) is 145 cm³/mol. The van der Waals surface area contributed by atoms with Crippen LogP contribution in [0.1, 0.15) is 57.4 Å². The Morgan fingerprint density at radius 1 is 0.946 bits per heavy atom. The molecule has 3 aromatic carbocycles. The van der Waals surface area contributed by atoms with Crippen LogP contribution in [0.15, 0.2) is 78.4 Å². The van der Waals surface area contributed by atoms with Gasteiger partial charge in [-0.05, 0) is 66.8 Å². The van der Waals surface area contributed by atoms with Gasteiger partial charge in [0.05, 0.1) is 30.4 Å². The molecule has 0 saturated carbocycles. The number of anilines is 1. The number of methoxy groups -OCH3 is 1. The first-order valence-electron chi connectivity index (χ1n) is 12.3. The predicted octanol–water partition coefficient (Wildman–Crippen LogP) is 6.41. The number of amides is 1. The molecule has 0 aromatic heterocycles. The second-order valence-corrected chi connectivity index (χ2v) is 10.4. The van der Waals surface area contributed by atoms with Crippen LogP contribution in [-0.2, 0) is 15.0 Å². The molecule has 1 amide bonds. The molecule has 4 rings (SSSR count). The molecule has 6 nitrogen and oxygen atoms in total. The molecule has 1 N–H and O–H groups in total. The van der Waals surface area contributed by atoms with Crippen molar-refractivity contribution in [3.63, 3.8) is 0 Å². The Labute approximate surface area is 218 Å². The third kappa shape index (κ3) is 5.10. The topological polar surface area (TPSA) is 76.1 Å². The maximum absolute atomic E-state index is 13.5. The standard InChI is InChI=1S/C31H33NO5/c1-19(2)37-23-15-12-20(13-16-23)27-26(29(34)30(35)32(27)22-10-8-7-9-11-22)28(33)24-18-21(31(3,4)5)14-17-25(24)36-6/h7-19,27,33H,1-6H3/b28-26+. The summed E-state index contributed by atoms with van der Waals surface area (Å²) < 4.78 is 11.3. The fourth-order valence-electron chi connectivity index (χ4n) is 4.51. The summed E-state index contributed by atoms with van der Waals surface area (Å²) in [5.74, 6) is -0.638. The quantitative estimate of drug-likeness (QED) is 0.241.